The second kappa shape index (κ2) is 7.17. The molecule has 6 nitrogen and oxygen atoms in total. The highest BCUT2D eigenvalue weighted by molar-refractivity contribution is 8.01. The Morgan fingerprint density at radius 1 is 1.33 bits per heavy atom. The van der Waals surface area contributed by atoms with Crippen molar-refractivity contribution in [2.75, 3.05) is 0 Å². The highest BCUT2D eigenvalue weighted by Crippen LogP contribution is 2.44. The van der Waals surface area contributed by atoms with E-state index in [4.69, 9.17) is 0 Å². The van der Waals surface area contributed by atoms with E-state index in [9.17, 15) is 20.0 Å². The Morgan fingerprint density at radius 2 is 1.96 bits per heavy atom. The van der Waals surface area contributed by atoms with Crippen LogP contribution in [0.5, 0.6) is 0 Å². The SMILES string of the molecule is CC1=NC(C)=C(C(=O)O)C(c2ccccc2[N+](=O)[O-])C1SC(C)C. The summed E-state index contributed by atoms with van der Waals surface area (Å²) >= 11 is 1.58. The summed E-state index contributed by atoms with van der Waals surface area (Å²) in [5.41, 5.74) is 1.70. The van der Waals surface area contributed by atoms with Crippen LogP contribution in [0.1, 0.15) is 39.2 Å². The molecule has 0 saturated carbocycles. The second-order valence-corrected chi connectivity index (χ2v) is 7.68. The first kappa shape index (κ1) is 18.2. The number of carboxylic acid groups (broad SMARTS) is 1. The summed E-state index contributed by atoms with van der Waals surface area (Å²) in [4.78, 5) is 27.2. The third kappa shape index (κ3) is 3.51. The number of carboxylic acids is 1. The summed E-state index contributed by atoms with van der Waals surface area (Å²) in [6, 6.07) is 6.36. The van der Waals surface area contributed by atoms with E-state index in [2.05, 4.69) is 4.99 Å². The molecule has 2 atom stereocenters. The van der Waals surface area contributed by atoms with E-state index < -0.39 is 16.8 Å². The number of nitro benzene ring substituents is 1. The number of hydrogen-bond donors (Lipinski definition) is 1. The molecule has 24 heavy (non-hydrogen) atoms. The van der Waals surface area contributed by atoms with E-state index >= 15 is 0 Å². The fourth-order valence-corrected chi connectivity index (χ4v) is 4.28. The van der Waals surface area contributed by atoms with E-state index in [1.54, 1.807) is 36.9 Å². The van der Waals surface area contributed by atoms with Gasteiger partial charge in [0.15, 0.2) is 0 Å². The fourth-order valence-electron chi connectivity index (χ4n) is 3.00. The standard InChI is InChI=1S/C17H20N2O4S/c1-9(2)24-16-11(4)18-10(3)14(17(20)21)15(16)12-7-5-6-8-13(12)19(22)23/h5-9,15-16H,1-4H3,(H,20,21). The van der Waals surface area contributed by atoms with Gasteiger partial charge < -0.3 is 5.11 Å². The summed E-state index contributed by atoms with van der Waals surface area (Å²) in [5, 5.41) is 21.1. The molecule has 0 aliphatic carbocycles. The zero-order valence-electron chi connectivity index (χ0n) is 14.0. The number of aliphatic carboxylic acids is 1. The van der Waals surface area contributed by atoms with Gasteiger partial charge in [-0.15, -0.1) is 11.8 Å². The van der Waals surface area contributed by atoms with Crippen LogP contribution in [0, 0.1) is 10.1 Å². The summed E-state index contributed by atoms with van der Waals surface area (Å²) < 4.78 is 0. The van der Waals surface area contributed by atoms with E-state index in [-0.39, 0.29) is 21.8 Å². The molecule has 1 aliphatic heterocycles. The van der Waals surface area contributed by atoms with Crippen LogP contribution in [-0.2, 0) is 4.79 Å². The lowest BCUT2D eigenvalue weighted by atomic mass is 9.82. The van der Waals surface area contributed by atoms with Crippen LogP contribution >= 0.6 is 11.8 Å². The molecule has 7 heteroatoms. The first-order valence-electron chi connectivity index (χ1n) is 7.62. The Labute approximate surface area is 144 Å². The third-order valence-electron chi connectivity index (χ3n) is 3.88. The van der Waals surface area contributed by atoms with Crippen molar-refractivity contribution in [2.24, 2.45) is 4.99 Å². The van der Waals surface area contributed by atoms with Gasteiger partial charge in [-0.1, -0.05) is 32.0 Å². The molecule has 1 aromatic rings. The first-order chi connectivity index (χ1) is 11.2. The molecule has 2 unspecified atom stereocenters. The van der Waals surface area contributed by atoms with Gasteiger partial charge in [-0.3, -0.25) is 15.1 Å². The average molecular weight is 348 g/mol. The van der Waals surface area contributed by atoms with Crippen LogP contribution in [-0.4, -0.2) is 32.2 Å². The molecule has 0 fully saturated rings. The van der Waals surface area contributed by atoms with Gasteiger partial charge in [-0.25, -0.2) is 4.79 Å². The number of hydrogen-bond acceptors (Lipinski definition) is 5. The highest BCUT2D eigenvalue weighted by atomic mass is 32.2. The number of benzene rings is 1. The molecular weight excluding hydrogens is 328 g/mol. The lowest BCUT2D eigenvalue weighted by Gasteiger charge is -2.32. The van der Waals surface area contributed by atoms with Crippen molar-refractivity contribution >= 4 is 29.1 Å². The van der Waals surface area contributed by atoms with Gasteiger partial charge in [-0.2, -0.15) is 0 Å². The molecule has 128 valence electrons. The molecule has 0 spiro atoms. The summed E-state index contributed by atoms with van der Waals surface area (Å²) in [5.74, 6) is -1.68. The summed E-state index contributed by atoms with van der Waals surface area (Å²) in [6.07, 6.45) is 0. The number of rotatable bonds is 5. The van der Waals surface area contributed by atoms with Gasteiger partial charge in [0.25, 0.3) is 5.69 Å². The molecule has 0 saturated heterocycles. The number of nitrogens with zero attached hydrogens (tertiary/aromatic N) is 2. The predicted molar refractivity (Wildman–Crippen MR) is 95.8 cm³/mol. The van der Waals surface area contributed by atoms with Gasteiger partial charge in [0, 0.05) is 29.0 Å². The quantitative estimate of drug-likeness (QED) is 0.641. The summed E-state index contributed by atoms with van der Waals surface area (Å²) in [6.45, 7) is 7.52. The zero-order valence-corrected chi connectivity index (χ0v) is 14.8. The van der Waals surface area contributed by atoms with Crippen molar-refractivity contribution in [3.63, 3.8) is 0 Å². The minimum Gasteiger partial charge on any atom is -0.478 e. The van der Waals surface area contributed by atoms with Crippen molar-refractivity contribution in [3.05, 3.63) is 51.2 Å². The van der Waals surface area contributed by atoms with E-state index in [0.717, 1.165) is 5.71 Å². The number of thioether (sulfide) groups is 1. The topological polar surface area (TPSA) is 92.8 Å². The third-order valence-corrected chi connectivity index (χ3v) is 5.33. The Morgan fingerprint density at radius 3 is 2.50 bits per heavy atom. The molecule has 0 aromatic heterocycles. The number of carbonyl (C=O) groups is 1. The Bertz CT molecular complexity index is 740. The van der Waals surface area contributed by atoms with Crippen molar-refractivity contribution in [1.82, 2.24) is 0 Å². The van der Waals surface area contributed by atoms with Crippen LogP contribution in [0.3, 0.4) is 0 Å². The maximum atomic E-state index is 11.9. The Kier molecular flexibility index (Phi) is 5.43. The van der Waals surface area contributed by atoms with Gasteiger partial charge in [0.2, 0.25) is 0 Å². The maximum absolute atomic E-state index is 11.9. The molecule has 1 heterocycles. The molecule has 1 aromatic carbocycles. The Balaban J connectivity index is 2.70. The average Bonchev–Trinajstić information content (AvgIpc) is 2.48. The molecule has 1 aliphatic rings. The van der Waals surface area contributed by atoms with Crippen molar-refractivity contribution in [3.8, 4) is 0 Å². The monoisotopic (exact) mass is 348 g/mol. The molecule has 0 bridgehead atoms. The van der Waals surface area contributed by atoms with Gasteiger partial charge >= 0.3 is 5.97 Å². The second-order valence-electron chi connectivity index (χ2n) is 5.96. The largest absolute Gasteiger partial charge is 0.478 e. The van der Waals surface area contributed by atoms with Crippen LogP contribution < -0.4 is 0 Å². The van der Waals surface area contributed by atoms with Crippen LogP contribution in [0.25, 0.3) is 0 Å². The minimum atomic E-state index is -1.08. The molecule has 0 radical (unpaired) electrons. The zero-order chi connectivity index (χ0) is 18.0. The molecule has 1 N–H and O–H groups in total. The van der Waals surface area contributed by atoms with Crippen molar-refractivity contribution < 1.29 is 14.8 Å². The summed E-state index contributed by atoms with van der Waals surface area (Å²) in [7, 11) is 0. The van der Waals surface area contributed by atoms with Crippen LogP contribution in [0.2, 0.25) is 0 Å². The first-order valence-corrected chi connectivity index (χ1v) is 8.56. The molecular formula is C17H20N2O4S. The highest BCUT2D eigenvalue weighted by Gasteiger charge is 2.40. The van der Waals surface area contributed by atoms with Crippen LogP contribution in [0.15, 0.2) is 40.5 Å². The number of allylic oxidation sites excluding steroid dienone is 1. The number of para-hydroxylation sites is 1. The van der Waals surface area contributed by atoms with Crippen LogP contribution in [0.4, 0.5) is 5.69 Å². The normalized spacial score (nSPS) is 21.0. The van der Waals surface area contributed by atoms with Gasteiger partial charge in [-0.05, 0) is 19.1 Å². The Hall–Kier alpha value is -2.15. The van der Waals surface area contributed by atoms with E-state index in [0.29, 0.717) is 11.3 Å². The predicted octanol–water partition coefficient (Wildman–Crippen LogP) is 4.02. The maximum Gasteiger partial charge on any atom is 0.334 e. The lowest BCUT2D eigenvalue weighted by molar-refractivity contribution is -0.385. The number of aliphatic imine (C=N–C) groups is 1. The smallest absolute Gasteiger partial charge is 0.334 e. The van der Waals surface area contributed by atoms with Crippen molar-refractivity contribution in [2.45, 2.75) is 44.1 Å². The lowest BCUT2D eigenvalue weighted by Crippen LogP contribution is -2.33. The number of nitro groups is 1. The van der Waals surface area contributed by atoms with Crippen molar-refractivity contribution in [1.29, 1.82) is 0 Å². The van der Waals surface area contributed by atoms with Gasteiger partial charge in [0.05, 0.1) is 15.7 Å². The molecule has 2 rings (SSSR count). The van der Waals surface area contributed by atoms with E-state index in [1.807, 2.05) is 20.8 Å². The minimum absolute atomic E-state index is 0.0573. The van der Waals surface area contributed by atoms with E-state index in [1.165, 1.54) is 6.07 Å². The van der Waals surface area contributed by atoms with Gasteiger partial charge in [0.1, 0.15) is 0 Å². The molecule has 0 amide bonds. The fraction of sp³-hybridized carbons (Fsp3) is 0.412.